The lowest BCUT2D eigenvalue weighted by molar-refractivity contribution is 0.185. The minimum absolute atomic E-state index is 0.107. The fourth-order valence-corrected chi connectivity index (χ4v) is 2.01. The Balaban J connectivity index is 2.35. The maximum atomic E-state index is 14.0. The number of nitrogen functional groups attached to an aromatic ring is 2. The molecule has 17 heavy (non-hydrogen) atoms. The van der Waals surface area contributed by atoms with E-state index in [0.717, 1.165) is 6.42 Å². The molecule has 2 rings (SSSR count). The van der Waals surface area contributed by atoms with Crippen LogP contribution in [0.25, 0.3) is 0 Å². The standard InChI is InChI=1S/C11H15ClFN3O/c1-11(2-3-17-5-11)16-10-7(15)4-6(14)8(12)9(10)13/h4,16H,2-3,5,14-15H2,1H3. The van der Waals surface area contributed by atoms with Gasteiger partial charge in [-0.1, -0.05) is 11.6 Å². The van der Waals surface area contributed by atoms with Crippen molar-refractivity contribution in [1.82, 2.24) is 0 Å². The van der Waals surface area contributed by atoms with E-state index < -0.39 is 5.82 Å². The average Bonchev–Trinajstić information content (AvgIpc) is 2.69. The molecule has 1 aliphatic rings. The summed E-state index contributed by atoms with van der Waals surface area (Å²) in [5.74, 6) is -0.614. The maximum absolute atomic E-state index is 14.0. The second-order valence-corrected chi connectivity index (χ2v) is 4.92. The summed E-state index contributed by atoms with van der Waals surface area (Å²) >= 11 is 5.76. The second kappa shape index (κ2) is 4.23. The molecule has 1 atom stereocenters. The Morgan fingerprint density at radius 2 is 2.18 bits per heavy atom. The first-order valence-electron chi connectivity index (χ1n) is 5.32. The molecule has 1 aliphatic heterocycles. The summed E-state index contributed by atoms with van der Waals surface area (Å²) in [6, 6.07) is 1.45. The van der Waals surface area contributed by atoms with Crippen LogP contribution in [0.15, 0.2) is 6.07 Å². The Labute approximate surface area is 104 Å². The van der Waals surface area contributed by atoms with E-state index in [2.05, 4.69) is 5.32 Å². The van der Waals surface area contributed by atoms with Crippen molar-refractivity contribution in [1.29, 1.82) is 0 Å². The Morgan fingerprint density at radius 3 is 2.76 bits per heavy atom. The van der Waals surface area contributed by atoms with E-state index in [9.17, 15) is 4.39 Å². The maximum Gasteiger partial charge on any atom is 0.169 e. The SMILES string of the molecule is CC1(Nc2c(N)cc(N)c(Cl)c2F)CCOC1. The lowest BCUT2D eigenvalue weighted by Crippen LogP contribution is -2.35. The minimum Gasteiger partial charge on any atom is -0.397 e. The van der Waals surface area contributed by atoms with E-state index in [4.69, 9.17) is 27.8 Å². The molecule has 1 saturated heterocycles. The van der Waals surface area contributed by atoms with Gasteiger partial charge < -0.3 is 21.5 Å². The van der Waals surface area contributed by atoms with Gasteiger partial charge in [-0.15, -0.1) is 0 Å². The van der Waals surface area contributed by atoms with Crippen molar-refractivity contribution in [3.8, 4) is 0 Å². The molecule has 1 fully saturated rings. The fraction of sp³-hybridized carbons (Fsp3) is 0.455. The third kappa shape index (κ3) is 2.25. The first-order valence-corrected chi connectivity index (χ1v) is 5.70. The van der Waals surface area contributed by atoms with E-state index in [1.807, 2.05) is 6.92 Å². The Kier molecular flexibility index (Phi) is 3.05. The van der Waals surface area contributed by atoms with Crippen molar-refractivity contribution < 1.29 is 9.13 Å². The Bertz CT molecular complexity index is 447. The molecule has 1 unspecified atom stereocenters. The van der Waals surface area contributed by atoms with Gasteiger partial charge in [0.15, 0.2) is 5.82 Å². The van der Waals surface area contributed by atoms with Crippen LogP contribution in [0.1, 0.15) is 13.3 Å². The van der Waals surface area contributed by atoms with Crippen LogP contribution in [0.4, 0.5) is 21.5 Å². The van der Waals surface area contributed by atoms with Crippen molar-refractivity contribution in [3.63, 3.8) is 0 Å². The van der Waals surface area contributed by atoms with E-state index >= 15 is 0 Å². The Hall–Kier alpha value is -1.20. The zero-order chi connectivity index (χ0) is 12.6. The highest BCUT2D eigenvalue weighted by atomic mass is 35.5. The van der Waals surface area contributed by atoms with Gasteiger partial charge in [0, 0.05) is 6.61 Å². The zero-order valence-electron chi connectivity index (χ0n) is 9.52. The van der Waals surface area contributed by atoms with Gasteiger partial charge in [0.05, 0.1) is 29.2 Å². The molecule has 0 bridgehead atoms. The lowest BCUT2D eigenvalue weighted by Gasteiger charge is -2.26. The van der Waals surface area contributed by atoms with Crippen LogP contribution < -0.4 is 16.8 Å². The second-order valence-electron chi connectivity index (χ2n) is 4.55. The van der Waals surface area contributed by atoms with Gasteiger partial charge >= 0.3 is 0 Å². The number of halogens is 2. The normalized spacial score (nSPS) is 23.9. The number of hydrogen-bond acceptors (Lipinski definition) is 4. The minimum atomic E-state index is -0.614. The van der Waals surface area contributed by atoms with Crippen molar-refractivity contribution in [2.45, 2.75) is 18.9 Å². The molecular formula is C11H15ClFN3O. The summed E-state index contributed by atoms with van der Waals surface area (Å²) < 4.78 is 19.2. The van der Waals surface area contributed by atoms with E-state index in [0.29, 0.717) is 13.2 Å². The first kappa shape index (κ1) is 12.3. The smallest absolute Gasteiger partial charge is 0.169 e. The summed E-state index contributed by atoms with van der Waals surface area (Å²) in [6.45, 7) is 3.10. The predicted molar refractivity (Wildman–Crippen MR) is 67.7 cm³/mol. The number of benzene rings is 1. The van der Waals surface area contributed by atoms with Crippen molar-refractivity contribution >= 4 is 28.7 Å². The third-order valence-electron chi connectivity index (χ3n) is 2.91. The number of rotatable bonds is 2. The van der Waals surface area contributed by atoms with Crippen LogP contribution in [-0.4, -0.2) is 18.8 Å². The molecule has 1 aromatic rings. The largest absolute Gasteiger partial charge is 0.397 e. The van der Waals surface area contributed by atoms with Crippen LogP contribution in [0.5, 0.6) is 0 Å². The van der Waals surface area contributed by atoms with Gasteiger partial charge in [-0.2, -0.15) is 0 Å². The van der Waals surface area contributed by atoms with Crippen molar-refractivity contribution in [2.24, 2.45) is 0 Å². The van der Waals surface area contributed by atoms with Gasteiger partial charge in [0.25, 0.3) is 0 Å². The summed E-state index contributed by atoms with van der Waals surface area (Å²) in [6.07, 6.45) is 0.786. The van der Waals surface area contributed by atoms with Gasteiger partial charge in [-0.3, -0.25) is 0 Å². The van der Waals surface area contributed by atoms with Gasteiger partial charge in [-0.25, -0.2) is 4.39 Å². The van der Waals surface area contributed by atoms with E-state index in [-0.39, 0.29) is 27.6 Å². The quantitative estimate of drug-likeness (QED) is 0.712. The lowest BCUT2D eigenvalue weighted by atomic mass is 10.0. The molecular weight excluding hydrogens is 245 g/mol. The number of anilines is 3. The van der Waals surface area contributed by atoms with Gasteiger partial charge in [-0.05, 0) is 19.4 Å². The van der Waals surface area contributed by atoms with Crippen LogP contribution in [0.3, 0.4) is 0 Å². The predicted octanol–water partition coefficient (Wildman–Crippen LogP) is 2.23. The summed E-state index contributed by atoms with van der Waals surface area (Å²) in [5.41, 5.74) is 11.5. The van der Waals surface area contributed by atoms with Crippen LogP contribution in [-0.2, 0) is 4.74 Å². The van der Waals surface area contributed by atoms with E-state index in [1.54, 1.807) is 0 Å². The molecule has 0 saturated carbocycles. The number of nitrogens with one attached hydrogen (secondary N) is 1. The van der Waals surface area contributed by atoms with Gasteiger partial charge in [0.1, 0.15) is 5.02 Å². The van der Waals surface area contributed by atoms with Crippen LogP contribution in [0, 0.1) is 5.82 Å². The third-order valence-corrected chi connectivity index (χ3v) is 3.30. The van der Waals surface area contributed by atoms with Gasteiger partial charge in [0.2, 0.25) is 0 Å². The molecule has 1 heterocycles. The van der Waals surface area contributed by atoms with Crippen molar-refractivity contribution in [3.05, 3.63) is 16.9 Å². The highest BCUT2D eigenvalue weighted by Gasteiger charge is 2.31. The molecule has 0 aliphatic carbocycles. The summed E-state index contributed by atoms with van der Waals surface area (Å²) in [4.78, 5) is 0. The zero-order valence-corrected chi connectivity index (χ0v) is 10.3. The summed E-state index contributed by atoms with van der Waals surface area (Å²) in [5, 5.41) is 2.95. The topological polar surface area (TPSA) is 73.3 Å². The number of ether oxygens (including phenoxy) is 1. The molecule has 0 radical (unpaired) electrons. The summed E-state index contributed by atoms with van der Waals surface area (Å²) in [7, 11) is 0. The highest BCUT2D eigenvalue weighted by Crippen LogP contribution is 2.36. The Morgan fingerprint density at radius 1 is 1.47 bits per heavy atom. The van der Waals surface area contributed by atoms with Crippen LogP contribution >= 0.6 is 11.6 Å². The molecule has 4 nitrogen and oxygen atoms in total. The molecule has 5 N–H and O–H groups in total. The molecule has 0 spiro atoms. The highest BCUT2D eigenvalue weighted by molar-refractivity contribution is 6.33. The number of nitrogens with two attached hydrogens (primary N) is 2. The number of hydrogen-bond donors (Lipinski definition) is 3. The average molecular weight is 260 g/mol. The first-order chi connectivity index (χ1) is 7.93. The molecule has 6 heteroatoms. The van der Waals surface area contributed by atoms with Crippen LogP contribution in [0.2, 0.25) is 5.02 Å². The molecule has 0 amide bonds. The fourth-order valence-electron chi connectivity index (χ4n) is 1.86. The molecule has 0 aromatic heterocycles. The molecule has 1 aromatic carbocycles. The monoisotopic (exact) mass is 259 g/mol. The molecule has 94 valence electrons. The van der Waals surface area contributed by atoms with E-state index in [1.165, 1.54) is 6.07 Å². The van der Waals surface area contributed by atoms with Crippen molar-refractivity contribution in [2.75, 3.05) is 30.0 Å².